The maximum Gasteiger partial charge on any atom is 0.129 e. The minimum atomic E-state index is 0.107. The Hall–Kier alpha value is -1.71. The van der Waals surface area contributed by atoms with Crippen LogP contribution in [0.25, 0.3) is 0 Å². The predicted molar refractivity (Wildman–Crippen MR) is 82.2 cm³/mol. The average Bonchev–Trinajstić information content (AvgIpc) is 2.94. The number of aliphatic hydroxyl groups excluding tert-OH is 1. The monoisotopic (exact) mass is 304 g/mol. The van der Waals surface area contributed by atoms with Crippen LogP contribution in [0.4, 0.5) is 0 Å². The number of halogens is 1. The fourth-order valence-corrected chi connectivity index (χ4v) is 2.84. The molecule has 1 N–H and O–H groups in total. The molecule has 0 atom stereocenters. The van der Waals surface area contributed by atoms with Crippen LogP contribution in [0.15, 0.2) is 36.4 Å². The van der Waals surface area contributed by atoms with Crippen LogP contribution in [0.5, 0.6) is 11.5 Å². The van der Waals surface area contributed by atoms with Crippen LogP contribution in [0, 0.1) is 0 Å². The molecule has 1 aliphatic rings. The molecule has 0 saturated heterocycles. The molecular formula is C17H17ClO3. The second-order valence-corrected chi connectivity index (χ2v) is 5.46. The first-order valence-corrected chi connectivity index (χ1v) is 7.41. The summed E-state index contributed by atoms with van der Waals surface area (Å²) in [5.41, 5.74) is 3.11. The topological polar surface area (TPSA) is 38.7 Å². The van der Waals surface area contributed by atoms with Gasteiger partial charge in [0.05, 0.1) is 6.61 Å². The van der Waals surface area contributed by atoms with Gasteiger partial charge in [0.2, 0.25) is 0 Å². The minimum absolute atomic E-state index is 0.107. The molecule has 3 nitrogen and oxygen atoms in total. The number of hydrogen-bond acceptors (Lipinski definition) is 3. The number of aliphatic hydroxyl groups is 1. The molecule has 2 aromatic rings. The van der Waals surface area contributed by atoms with E-state index in [4.69, 9.17) is 26.2 Å². The molecule has 1 aliphatic heterocycles. The van der Waals surface area contributed by atoms with Gasteiger partial charge < -0.3 is 14.6 Å². The summed E-state index contributed by atoms with van der Waals surface area (Å²) in [6, 6.07) is 11.6. The molecule has 0 fully saturated rings. The van der Waals surface area contributed by atoms with Gasteiger partial charge in [0, 0.05) is 23.6 Å². The van der Waals surface area contributed by atoms with Gasteiger partial charge in [0.15, 0.2) is 0 Å². The van der Waals surface area contributed by atoms with Crippen molar-refractivity contribution in [3.05, 3.63) is 58.1 Å². The second-order valence-electron chi connectivity index (χ2n) is 5.02. The van der Waals surface area contributed by atoms with Gasteiger partial charge >= 0.3 is 0 Å². The lowest BCUT2D eigenvalue weighted by Crippen LogP contribution is -2.02. The summed E-state index contributed by atoms with van der Waals surface area (Å²) < 4.78 is 11.6. The normalized spacial score (nSPS) is 12.9. The van der Waals surface area contributed by atoms with Gasteiger partial charge in [-0.3, -0.25) is 0 Å². The lowest BCUT2D eigenvalue weighted by atomic mass is 10.1. The molecule has 0 aliphatic carbocycles. The number of rotatable bonds is 5. The van der Waals surface area contributed by atoms with Gasteiger partial charge in [-0.2, -0.15) is 0 Å². The van der Waals surface area contributed by atoms with E-state index < -0.39 is 0 Å². The third kappa shape index (κ3) is 3.14. The van der Waals surface area contributed by atoms with Crippen LogP contribution < -0.4 is 9.47 Å². The summed E-state index contributed by atoms with van der Waals surface area (Å²) in [6.07, 6.45) is 1.48. The molecule has 0 spiro atoms. The zero-order valence-corrected chi connectivity index (χ0v) is 12.4. The van der Waals surface area contributed by atoms with E-state index in [1.807, 2.05) is 36.4 Å². The van der Waals surface area contributed by atoms with Crippen molar-refractivity contribution in [2.45, 2.75) is 19.4 Å². The summed E-state index contributed by atoms with van der Waals surface area (Å²) >= 11 is 6.15. The molecule has 0 radical (unpaired) electrons. The average molecular weight is 305 g/mol. The summed E-state index contributed by atoms with van der Waals surface area (Å²) in [6.45, 7) is 1.21. The summed E-state index contributed by atoms with van der Waals surface area (Å²) in [5.74, 6) is 1.69. The van der Waals surface area contributed by atoms with Crippen molar-refractivity contribution < 1.29 is 14.6 Å². The quantitative estimate of drug-likeness (QED) is 0.920. The fourth-order valence-electron chi connectivity index (χ4n) is 2.58. The Morgan fingerprint density at radius 1 is 1.19 bits per heavy atom. The molecule has 0 amide bonds. The van der Waals surface area contributed by atoms with Crippen LogP contribution in [-0.4, -0.2) is 18.3 Å². The maximum atomic E-state index is 9.10. The van der Waals surface area contributed by atoms with Crippen LogP contribution in [0.2, 0.25) is 5.02 Å². The van der Waals surface area contributed by atoms with E-state index in [-0.39, 0.29) is 6.61 Å². The van der Waals surface area contributed by atoms with Gasteiger partial charge in [-0.05, 0) is 35.7 Å². The van der Waals surface area contributed by atoms with Crippen molar-refractivity contribution in [3.8, 4) is 11.5 Å². The maximum absolute atomic E-state index is 9.10. The van der Waals surface area contributed by atoms with E-state index in [2.05, 4.69) is 0 Å². The van der Waals surface area contributed by atoms with Gasteiger partial charge in [0.1, 0.15) is 18.1 Å². The summed E-state index contributed by atoms with van der Waals surface area (Å²) in [7, 11) is 0. The van der Waals surface area contributed by atoms with Gasteiger partial charge in [-0.15, -0.1) is 0 Å². The highest BCUT2D eigenvalue weighted by Crippen LogP contribution is 2.33. The van der Waals surface area contributed by atoms with Crippen molar-refractivity contribution in [1.82, 2.24) is 0 Å². The van der Waals surface area contributed by atoms with Crippen molar-refractivity contribution in [3.63, 3.8) is 0 Å². The third-order valence-electron chi connectivity index (χ3n) is 3.56. The number of fused-ring (bicyclic) bond motifs is 1. The molecule has 0 bridgehead atoms. The zero-order chi connectivity index (χ0) is 14.7. The molecule has 0 saturated carbocycles. The number of ether oxygens (including phenoxy) is 2. The van der Waals surface area contributed by atoms with E-state index in [1.54, 1.807) is 0 Å². The Morgan fingerprint density at radius 3 is 2.90 bits per heavy atom. The largest absolute Gasteiger partial charge is 0.493 e. The summed E-state index contributed by atoms with van der Waals surface area (Å²) in [5, 5.41) is 9.81. The Morgan fingerprint density at radius 2 is 2.05 bits per heavy atom. The zero-order valence-electron chi connectivity index (χ0n) is 11.6. The molecule has 21 heavy (non-hydrogen) atoms. The highest BCUT2D eigenvalue weighted by Gasteiger charge is 2.18. The Bertz CT molecular complexity index is 640. The van der Waals surface area contributed by atoms with Crippen molar-refractivity contribution in [2.75, 3.05) is 13.2 Å². The van der Waals surface area contributed by atoms with Crippen molar-refractivity contribution in [2.24, 2.45) is 0 Å². The van der Waals surface area contributed by atoms with E-state index in [1.165, 1.54) is 0 Å². The number of benzene rings is 2. The van der Waals surface area contributed by atoms with Crippen LogP contribution in [0.1, 0.15) is 16.7 Å². The Labute approximate surface area is 129 Å². The molecule has 4 heteroatoms. The third-order valence-corrected chi connectivity index (χ3v) is 3.78. The van der Waals surface area contributed by atoms with E-state index in [9.17, 15) is 0 Å². The molecule has 110 valence electrons. The Kier molecular flexibility index (Phi) is 4.32. The van der Waals surface area contributed by atoms with E-state index >= 15 is 0 Å². The standard InChI is InChI=1S/C17H17ClO3/c18-15-9-13-6-8-20-17(13)14(10-15)11-21-16-4-2-1-3-12(16)5-7-19/h1-4,9-10,19H,5-8,11H2. The first kappa shape index (κ1) is 14.2. The highest BCUT2D eigenvalue weighted by atomic mass is 35.5. The van der Waals surface area contributed by atoms with Crippen LogP contribution >= 0.6 is 11.6 Å². The SMILES string of the molecule is OCCc1ccccc1OCc1cc(Cl)cc2c1OCC2. The van der Waals surface area contributed by atoms with Crippen LogP contribution in [0.3, 0.4) is 0 Å². The van der Waals surface area contributed by atoms with Crippen molar-refractivity contribution in [1.29, 1.82) is 0 Å². The molecule has 0 aromatic heterocycles. The van der Waals surface area contributed by atoms with E-state index in [0.717, 1.165) is 34.6 Å². The van der Waals surface area contributed by atoms with Gasteiger partial charge in [-0.25, -0.2) is 0 Å². The van der Waals surface area contributed by atoms with Crippen LogP contribution in [-0.2, 0) is 19.4 Å². The molecule has 1 heterocycles. The predicted octanol–water partition coefficient (Wildman–Crippen LogP) is 3.39. The first-order chi connectivity index (χ1) is 10.3. The fraction of sp³-hybridized carbons (Fsp3) is 0.294. The molecule has 2 aromatic carbocycles. The molecule has 3 rings (SSSR count). The van der Waals surface area contributed by atoms with Gasteiger partial charge in [0.25, 0.3) is 0 Å². The number of para-hydroxylation sites is 1. The second kappa shape index (κ2) is 6.37. The minimum Gasteiger partial charge on any atom is -0.493 e. The lowest BCUT2D eigenvalue weighted by molar-refractivity contribution is 0.278. The van der Waals surface area contributed by atoms with Crippen molar-refractivity contribution >= 4 is 11.6 Å². The smallest absolute Gasteiger partial charge is 0.129 e. The van der Waals surface area contributed by atoms with Gasteiger partial charge in [-0.1, -0.05) is 29.8 Å². The first-order valence-electron chi connectivity index (χ1n) is 7.03. The van der Waals surface area contributed by atoms with E-state index in [0.29, 0.717) is 24.7 Å². The Balaban J connectivity index is 1.80. The number of hydrogen-bond donors (Lipinski definition) is 1. The molecular weight excluding hydrogens is 288 g/mol. The highest BCUT2D eigenvalue weighted by molar-refractivity contribution is 6.30. The molecule has 0 unspecified atom stereocenters. The summed E-state index contributed by atoms with van der Waals surface area (Å²) in [4.78, 5) is 0. The lowest BCUT2D eigenvalue weighted by Gasteiger charge is -2.13.